The third kappa shape index (κ3) is 3.96. The van der Waals surface area contributed by atoms with Crippen LogP contribution in [0.2, 0.25) is 0 Å². The summed E-state index contributed by atoms with van der Waals surface area (Å²) in [6.45, 7) is 3.96. The fourth-order valence-corrected chi connectivity index (χ4v) is 2.57. The van der Waals surface area contributed by atoms with Crippen molar-refractivity contribution >= 4 is 21.5 Å². The van der Waals surface area contributed by atoms with Gasteiger partial charge in [0.2, 0.25) is 0 Å². The maximum atomic E-state index is 9.32. The van der Waals surface area contributed by atoms with Gasteiger partial charge in [0.05, 0.1) is 12.2 Å². The van der Waals surface area contributed by atoms with Crippen LogP contribution in [0.5, 0.6) is 11.5 Å². The molecule has 4 nitrogen and oxygen atoms in total. The van der Waals surface area contributed by atoms with Gasteiger partial charge in [0.15, 0.2) is 0 Å². The molecule has 3 rings (SSSR count). The molecule has 0 aliphatic rings. The van der Waals surface area contributed by atoms with Gasteiger partial charge in [-0.1, -0.05) is 12.1 Å². The van der Waals surface area contributed by atoms with Crippen molar-refractivity contribution in [1.82, 2.24) is 0 Å². The van der Waals surface area contributed by atoms with Crippen LogP contribution in [0.25, 0.3) is 21.5 Å². The molecule has 0 aliphatic carbocycles. The molecule has 2 unspecified atom stereocenters. The average molecular weight is 326 g/mol. The lowest BCUT2D eigenvalue weighted by atomic mass is 10.0. The first kappa shape index (κ1) is 16.6. The highest BCUT2D eigenvalue weighted by molar-refractivity contribution is 5.99. The van der Waals surface area contributed by atoms with Crippen molar-refractivity contribution < 1.29 is 19.7 Å². The molecule has 0 bridgehead atoms. The molecule has 0 amide bonds. The minimum atomic E-state index is -0.489. The van der Waals surface area contributed by atoms with Gasteiger partial charge >= 0.3 is 0 Å². The van der Waals surface area contributed by atoms with Crippen LogP contribution >= 0.6 is 0 Å². The molecule has 3 aromatic rings. The van der Waals surface area contributed by atoms with Crippen LogP contribution in [0, 0.1) is 0 Å². The van der Waals surface area contributed by atoms with Gasteiger partial charge in [-0.15, -0.1) is 0 Å². The number of ether oxygens (including phenoxy) is 2. The zero-order valence-electron chi connectivity index (χ0n) is 13.9. The normalized spacial score (nSPS) is 13.8. The lowest BCUT2D eigenvalue weighted by Gasteiger charge is -2.11. The summed E-state index contributed by atoms with van der Waals surface area (Å²) in [5.74, 6) is 1.50. The Morgan fingerprint density at radius 2 is 1.08 bits per heavy atom. The molecule has 2 atom stereocenters. The van der Waals surface area contributed by atoms with Crippen LogP contribution in [0.15, 0.2) is 48.5 Å². The van der Waals surface area contributed by atoms with Gasteiger partial charge in [-0.25, -0.2) is 0 Å². The van der Waals surface area contributed by atoms with E-state index in [0.29, 0.717) is 0 Å². The number of benzene rings is 3. The molecule has 126 valence electrons. The molecule has 24 heavy (non-hydrogen) atoms. The van der Waals surface area contributed by atoms with Crippen LogP contribution in [0.3, 0.4) is 0 Å². The van der Waals surface area contributed by atoms with Gasteiger partial charge in [0, 0.05) is 0 Å². The quantitative estimate of drug-likeness (QED) is 0.681. The van der Waals surface area contributed by atoms with Crippen molar-refractivity contribution in [2.24, 2.45) is 0 Å². The van der Waals surface area contributed by atoms with Crippen LogP contribution in [0.4, 0.5) is 0 Å². The summed E-state index contributed by atoms with van der Waals surface area (Å²) >= 11 is 0. The summed E-state index contributed by atoms with van der Waals surface area (Å²) in [6, 6.07) is 16.0. The fraction of sp³-hybridized carbons (Fsp3) is 0.300. The van der Waals surface area contributed by atoms with Crippen LogP contribution in [-0.2, 0) is 0 Å². The monoisotopic (exact) mass is 326 g/mol. The van der Waals surface area contributed by atoms with Crippen molar-refractivity contribution in [3.8, 4) is 11.5 Å². The van der Waals surface area contributed by atoms with Crippen molar-refractivity contribution in [3.63, 3.8) is 0 Å². The van der Waals surface area contributed by atoms with E-state index in [-0.39, 0.29) is 13.2 Å². The second-order valence-corrected chi connectivity index (χ2v) is 6.19. The molecule has 3 aromatic carbocycles. The second-order valence-electron chi connectivity index (χ2n) is 6.19. The number of aliphatic hydroxyl groups is 2. The fourth-order valence-electron chi connectivity index (χ4n) is 2.57. The number of rotatable bonds is 6. The Labute approximate surface area is 141 Å². The molecular weight excluding hydrogens is 304 g/mol. The second kappa shape index (κ2) is 7.07. The number of hydrogen-bond donors (Lipinski definition) is 2. The Bertz CT molecular complexity index is 768. The minimum absolute atomic E-state index is 0.281. The summed E-state index contributed by atoms with van der Waals surface area (Å²) in [4.78, 5) is 0. The highest BCUT2D eigenvalue weighted by atomic mass is 16.5. The molecule has 2 N–H and O–H groups in total. The minimum Gasteiger partial charge on any atom is -0.491 e. The summed E-state index contributed by atoms with van der Waals surface area (Å²) < 4.78 is 11.1. The van der Waals surface area contributed by atoms with E-state index < -0.39 is 12.2 Å². The van der Waals surface area contributed by atoms with Crippen LogP contribution in [-0.4, -0.2) is 35.6 Å². The molecule has 4 heteroatoms. The van der Waals surface area contributed by atoms with E-state index in [1.807, 2.05) is 36.4 Å². The smallest absolute Gasteiger partial charge is 0.120 e. The topological polar surface area (TPSA) is 58.9 Å². The lowest BCUT2D eigenvalue weighted by molar-refractivity contribution is 0.122. The Hall–Kier alpha value is -2.30. The van der Waals surface area contributed by atoms with Gasteiger partial charge in [0.25, 0.3) is 0 Å². The first-order valence-electron chi connectivity index (χ1n) is 8.10. The van der Waals surface area contributed by atoms with Crippen molar-refractivity contribution in [2.45, 2.75) is 26.1 Å². The van der Waals surface area contributed by atoms with E-state index in [2.05, 4.69) is 12.1 Å². The lowest BCUT2D eigenvalue weighted by Crippen LogP contribution is -2.12. The largest absolute Gasteiger partial charge is 0.491 e. The van der Waals surface area contributed by atoms with Gasteiger partial charge < -0.3 is 19.7 Å². The Morgan fingerprint density at radius 3 is 1.46 bits per heavy atom. The molecule has 0 aliphatic heterocycles. The van der Waals surface area contributed by atoms with Crippen molar-refractivity contribution in [2.75, 3.05) is 13.2 Å². The van der Waals surface area contributed by atoms with Crippen LogP contribution in [0.1, 0.15) is 13.8 Å². The van der Waals surface area contributed by atoms with E-state index in [4.69, 9.17) is 9.47 Å². The Balaban J connectivity index is 1.90. The number of fused-ring (bicyclic) bond motifs is 2. The predicted molar refractivity (Wildman–Crippen MR) is 95.8 cm³/mol. The van der Waals surface area contributed by atoms with Gasteiger partial charge in [-0.2, -0.15) is 0 Å². The first-order valence-corrected chi connectivity index (χ1v) is 8.10. The molecule has 0 aromatic heterocycles. The Morgan fingerprint density at radius 1 is 0.667 bits per heavy atom. The summed E-state index contributed by atoms with van der Waals surface area (Å²) in [6.07, 6.45) is -0.977. The standard InChI is InChI=1S/C20H22O4/c1-13(21)11-23-19-5-3-15-8-18-10-20(24-12-14(2)22)6-4-16(18)7-17(15)9-19/h3-10,13-14,21-22H,11-12H2,1-2H3. The van der Waals surface area contributed by atoms with E-state index in [0.717, 1.165) is 33.0 Å². The maximum Gasteiger partial charge on any atom is 0.120 e. The van der Waals surface area contributed by atoms with Gasteiger partial charge in [-0.3, -0.25) is 0 Å². The summed E-state index contributed by atoms with van der Waals surface area (Å²) in [5, 5.41) is 23.0. The third-order valence-corrected chi connectivity index (χ3v) is 3.72. The van der Waals surface area contributed by atoms with E-state index in [1.54, 1.807) is 13.8 Å². The number of hydrogen-bond acceptors (Lipinski definition) is 4. The highest BCUT2D eigenvalue weighted by Gasteiger charge is 2.04. The molecule has 0 saturated carbocycles. The number of aliphatic hydroxyl groups excluding tert-OH is 2. The molecule has 0 heterocycles. The maximum absolute atomic E-state index is 9.32. The molecule has 0 radical (unpaired) electrons. The van der Waals surface area contributed by atoms with E-state index >= 15 is 0 Å². The third-order valence-electron chi connectivity index (χ3n) is 3.72. The van der Waals surface area contributed by atoms with Gasteiger partial charge in [-0.05, 0) is 71.8 Å². The predicted octanol–water partition coefficient (Wildman–Crippen LogP) is 3.51. The molecule has 0 saturated heterocycles. The van der Waals surface area contributed by atoms with Crippen molar-refractivity contribution in [3.05, 3.63) is 48.5 Å². The molecule has 0 spiro atoms. The van der Waals surface area contributed by atoms with Gasteiger partial charge in [0.1, 0.15) is 24.7 Å². The zero-order chi connectivity index (χ0) is 17.1. The zero-order valence-corrected chi connectivity index (χ0v) is 13.9. The highest BCUT2D eigenvalue weighted by Crippen LogP contribution is 2.28. The van der Waals surface area contributed by atoms with Crippen molar-refractivity contribution in [1.29, 1.82) is 0 Å². The first-order chi connectivity index (χ1) is 11.5. The van der Waals surface area contributed by atoms with E-state index in [9.17, 15) is 10.2 Å². The molecular formula is C20H22O4. The summed E-state index contributed by atoms with van der Waals surface area (Å²) in [7, 11) is 0. The Kier molecular flexibility index (Phi) is 4.88. The van der Waals surface area contributed by atoms with E-state index in [1.165, 1.54) is 0 Å². The summed E-state index contributed by atoms with van der Waals surface area (Å²) in [5.41, 5.74) is 0. The molecule has 0 fully saturated rings. The average Bonchev–Trinajstić information content (AvgIpc) is 2.56. The SMILES string of the molecule is CC(O)COc1ccc2cc3cc(OCC(C)O)ccc3cc2c1. The van der Waals surface area contributed by atoms with Crippen LogP contribution < -0.4 is 9.47 Å².